The molecule has 142 valence electrons. The number of halogens is 2. The molecule has 1 heterocycles. The van der Waals surface area contributed by atoms with Gasteiger partial charge in [-0.15, -0.1) is 0 Å². The molecule has 0 saturated carbocycles. The quantitative estimate of drug-likeness (QED) is 0.755. The predicted octanol–water partition coefficient (Wildman–Crippen LogP) is 3.33. The van der Waals surface area contributed by atoms with E-state index >= 15 is 0 Å². The number of benzene rings is 2. The normalized spacial score (nSPS) is 15.3. The average molecular weight is 372 g/mol. The highest BCUT2D eigenvalue weighted by molar-refractivity contribution is 5.91. The van der Waals surface area contributed by atoms with E-state index in [4.69, 9.17) is 4.74 Å². The maximum absolute atomic E-state index is 13.6. The Morgan fingerprint density at radius 1 is 1.11 bits per heavy atom. The summed E-state index contributed by atoms with van der Waals surface area (Å²) >= 11 is 0. The van der Waals surface area contributed by atoms with E-state index in [1.807, 2.05) is 0 Å². The van der Waals surface area contributed by atoms with Crippen LogP contribution in [0.15, 0.2) is 48.5 Å². The molecule has 0 radical (unpaired) electrons. The fraction of sp³-hybridized carbons (Fsp3) is 0.286. The van der Waals surface area contributed by atoms with Crippen molar-refractivity contribution in [2.24, 2.45) is 0 Å². The Balaban J connectivity index is 1.55. The number of nitrogens with zero attached hydrogens (tertiary/aromatic N) is 2. The van der Waals surface area contributed by atoms with Gasteiger partial charge in [-0.2, -0.15) is 0 Å². The van der Waals surface area contributed by atoms with Gasteiger partial charge in [-0.1, -0.05) is 18.2 Å². The molecule has 0 spiro atoms. The maximum Gasteiger partial charge on any atom is 0.246 e. The zero-order valence-electron chi connectivity index (χ0n) is 15.2. The molecule has 1 saturated heterocycles. The number of hydrogen-bond donors (Lipinski definition) is 0. The van der Waals surface area contributed by atoms with Gasteiger partial charge in [0, 0.05) is 49.9 Å². The van der Waals surface area contributed by atoms with Crippen molar-refractivity contribution in [3.63, 3.8) is 0 Å². The van der Waals surface area contributed by atoms with Crippen molar-refractivity contribution in [1.82, 2.24) is 9.80 Å². The topological polar surface area (TPSA) is 32.8 Å². The molecule has 0 unspecified atom stereocenters. The third-order valence-corrected chi connectivity index (χ3v) is 4.63. The van der Waals surface area contributed by atoms with Crippen molar-refractivity contribution >= 4 is 12.0 Å². The Morgan fingerprint density at radius 3 is 2.56 bits per heavy atom. The van der Waals surface area contributed by atoms with Gasteiger partial charge in [0.2, 0.25) is 5.91 Å². The molecule has 0 bridgehead atoms. The predicted molar refractivity (Wildman–Crippen MR) is 100 cm³/mol. The van der Waals surface area contributed by atoms with Crippen LogP contribution in [0.3, 0.4) is 0 Å². The first-order valence-electron chi connectivity index (χ1n) is 8.83. The Hall–Kier alpha value is -2.73. The highest BCUT2D eigenvalue weighted by Crippen LogP contribution is 2.21. The van der Waals surface area contributed by atoms with Gasteiger partial charge < -0.3 is 9.64 Å². The molecular weight excluding hydrogens is 350 g/mol. The second kappa shape index (κ2) is 8.77. The number of hydrogen-bond acceptors (Lipinski definition) is 3. The summed E-state index contributed by atoms with van der Waals surface area (Å²) in [5.74, 6) is -0.128. The third kappa shape index (κ3) is 4.92. The largest absolute Gasteiger partial charge is 0.496 e. The van der Waals surface area contributed by atoms with Crippen LogP contribution in [-0.2, 0) is 11.3 Å². The monoisotopic (exact) mass is 372 g/mol. The molecule has 1 fully saturated rings. The molecule has 1 aliphatic heterocycles. The summed E-state index contributed by atoms with van der Waals surface area (Å²) in [6.45, 7) is 3.06. The van der Waals surface area contributed by atoms with E-state index < -0.39 is 0 Å². The van der Waals surface area contributed by atoms with Crippen LogP contribution in [0.25, 0.3) is 6.08 Å². The van der Waals surface area contributed by atoms with Crippen molar-refractivity contribution in [3.8, 4) is 5.75 Å². The summed E-state index contributed by atoms with van der Waals surface area (Å²) in [6.07, 6.45) is 2.91. The lowest BCUT2D eigenvalue weighted by Gasteiger charge is -2.34. The number of rotatable bonds is 5. The number of methoxy groups -OCH3 is 1. The van der Waals surface area contributed by atoms with Crippen molar-refractivity contribution < 1.29 is 18.3 Å². The van der Waals surface area contributed by atoms with Crippen LogP contribution in [0, 0.1) is 11.6 Å². The van der Waals surface area contributed by atoms with Crippen LogP contribution in [0.4, 0.5) is 8.78 Å². The van der Waals surface area contributed by atoms with Gasteiger partial charge in [0.15, 0.2) is 0 Å². The molecule has 27 heavy (non-hydrogen) atoms. The van der Waals surface area contributed by atoms with E-state index in [1.54, 1.807) is 36.3 Å². The second-order valence-electron chi connectivity index (χ2n) is 6.41. The van der Waals surface area contributed by atoms with E-state index in [1.165, 1.54) is 30.4 Å². The van der Waals surface area contributed by atoms with Gasteiger partial charge in [-0.3, -0.25) is 9.69 Å². The molecule has 0 aliphatic carbocycles. The summed E-state index contributed by atoms with van der Waals surface area (Å²) in [6, 6.07) is 10.8. The number of amides is 1. The smallest absolute Gasteiger partial charge is 0.246 e. The highest BCUT2D eigenvalue weighted by Gasteiger charge is 2.20. The Labute approximate surface area is 157 Å². The summed E-state index contributed by atoms with van der Waals surface area (Å²) < 4.78 is 32.4. The average Bonchev–Trinajstić information content (AvgIpc) is 2.68. The van der Waals surface area contributed by atoms with Crippen molar-refractivity contribution in [2.45, 2.75) is 6.54 Å². The molecule has 6 heteroatoms. The third-order valence-electron chi connectivity index (χ3n) is 4.63. The lowest BCUT2D eigenvalue weighted by Crippen LogP contribution is -2.47. The first-order valence-corrected chi connectivity index (χ1v) is 8.83. The molecule has 3 rings (SSSR count). The fourth-order valence-corrected chi connectivity index (χ4v) is 3.11. The van der Waals surface area contributed by atoms with Gasteiger partial charge >= 0.3 is 0 Å². The van der Waals surface area contributed by atoms with E-state index in [2.05, 4.69) is 4.90 Å². The fourth-order valence-electron chi connectivity index (χ4n) is 3.11. The molecule has 0 atom stereocenters. The summed E-state index contributed by atoms with van der Waals surface area (Å²) in [4.78, 5) is 16.2. The van der Waals surface area contributed by atoms with Gasteiger partial charge in [-0.25, -0.2) is 8.78 Å². The first kappa shape index (κ1) is 19.0. The molecule has 1 amide bonds. The highest BCUT2D eigenvalue weighted by atomic mass is 19.1. The number of piperazine rings is 1. The lowest BCUT2D eigenvalue weighted by molar-refractivity contribution is -0.127. The lowest BCUT2D eigenvalue weighted by atomic mass is 10.1. The van der Waals surface area contributed by atoms with Crippen LogP contribution in [-0.4, -0.2) is 49.0 Å². The summed E-state index contributed by atoms with van der Waals surface area (Å²) in [5, 5.41) is 0. The summed E-state index contributed by atoms with van der Waals surface area (Å²) in [7, 11) is 1.56. The van der Waals surface area contributed by atoms with E-state index in [0.29, 0.717) is 44.0 Å². The molecular formula is C21H22F2N2O2. The molecule has 2 aromatic rings. The van der Waals surface area contributed by atoms with Crippen LogP contribution in [0.1, 0.15) is 11.1 Å². The SMILES string of the molecule is COc1ccc(F)cc1CN1CCN(C(=O)/C=C/c2ccccc2F)CC1. The van der Waals surface area contributed by atoms with E-state index in [0.717, 1.165) is 5.56 Å². The Bertz CT molecular complexity index is 831. The van der Waals surface area contributed by atoms with E-state index in [9.17, 15) is 13.6 Å². The zero-order chi connectivity index (χ0) is 19.2. The summed E-state index contributed by atoms with van der Waals surface area (Å²) in [5.41, 5.74) is 1.18. The number of carbonyl (C=O) groups is 1. The molecule has 1 aliphatic rings. The van der Waals surface area contributed by atoms with Crippen molar-refractivity contribution in [1.29, 1.82) is 0 Å². The minimum Gasteiger partial charge on any atom is -0.496 e. The zero-order valence-corrected chi connectivity index (χ0v) is 15.2. The molecule has 4 nitrogen and oxygen atoms in total. The van der Waals surface area contributed by atoms with Crippen molar-refractivity contribution in [3.05, 3.63) is 71.3 Å². The van der Waals surface area contributed by atoms with Crippen LogP contribution in [0.2, 0.25) is 0 Å². The molecule has 0 aromatic heterocycles. The van der Waals surface area contributed by atoms with Crippen molar-refractivity contribution in [2.75, 3.05) is 33.3 Å². The number of carbonyl (C=O) groups excluding carboxylic acids is 1. The molecule has 2 aromatic carbocycles. The number of ether oxygens (including phenoxy) is 1. The van der Waals surface area contributed by atoms with Crippen LogP contribution >= 0.6 is 0 Å². The minimum atomic E-state index is -0.351. The van der Waals surface area contributed by atoms with Crippen LogP contribution in [0.5, 0.6) is 5.75 Å². The van der Waals surface area contributed by atoms with Gasteiger partial charge in [0.25, 0.3) is 0 Å². The van der Waals surface area contributed by atoms with Gasteiger partial charge in [-0.05, 0) is 30.3 Å². The first-order chi connectivity index (χ1) is 13.1. The van der Waals surface area contributed by atoms with Gasteiger partial charge in [0.1, 0.15) is 17.4 Å². The standard InChI is InChI=1S/C21H22F2N2O2/c1-27-20-8-7-18(22)14-17(20)15-24-10-12-25(13-11-24)21(26)9-6-16-4-2-3-5-19(16)23/h2-9,14H,10-13,15H2,1H3/b9-6+. The van der Waals surface area contributed by atoms with E-state index in [-0.39, 0.29) is 17.5 Å². The second-order valence-corrected chi connectivity index (χ2v) is 6.41. The minimum absolute atomic E-state index is 0.138. The Morgan fingerprint density at radius 2 is 1.85 bits per heavy atom. The molecule has 0 N–H and O–H groups in total. The maximum atomic E-state index is 13.6. The van der Waals surface area contributed by atoms with Crippen LogP contribution < -0.4 is 4.74 Å². The Kier molecular flexibility index (Phi) is 6.19. The van der Waals surface area contributed by atoms with Gasteiger partial charge in [0.05, 0.1) is 7.11 Å².